The molecule has 3 heteroatoms. The maximum atomic E-state index is 5.90. The van der Waals surface area contributed by atoms with E-state index in [0.717, 1.165) is 11.3 Å². The molecular formula is C15H17NO2. The van der Waals surface area contributed by atoms with E-state index in [1.165, 1.54) is 0 Å². The molecule has 2 rings (SSSR count). The zero-order chi connectivity index (χ0) is 13.0. The van der Waals surface area contributed by atoms with E-state index >= 15 is 0 Å². The first kappa shape index (κ1) is 12.3. The summed E-state index contributed by atoms with van der Waals surface area (Å²) in [5.74, 6) is 2.06. The molecule has 3 nitrogen and oxygen atoms in total. The molecular weight excluding hydrogens is 226 g/mol. The number of anilines is 1. The van der Waals surface area contributed by atoms with Crippen LogP contribution in [0, 0.1) is 6.92 Å². The molecule has 0 aliphatic rings. The molecule has 0 bridgehead atoms. The summed E-state index contributed by atoms with van der Waals surface area (Å²) in [4.78, 5) is 0. The lowest BCUT2D eigenvalue weighted by molar-refractivity contribution is 0.321. The number of ether oxygens (including phenoxy) is 2. The minimum atomic E-state index is 0.601. The van der Waals surface area contributed by atoms with Gasteiger partial charge in [0.15, 0.2) is 17.2 Å². The van der Waals surface area contributed by atoms with E-state index in [2.05, 4.69) is 0 Å². The van der Waals surface area contributed by atoms with E-state index in [1.807, 2.05) is 56.3 Å². The Hall–Kier alpha value is -2.16. The third-order valence-corrected chi connectivity index (χ3v) is 2.54. The van der Waals surface area contributed by atoms with E-state index in [9.17, 15) is 0 Å². The highest BCUT2D eigenvalue weighted by atomic mass is 16.5. The molecule has 2 N–H and O–H groups in total. The second kappa shape index (κ2) is 5.45. The summed E-state index contributed by atoms with van der Waals surface area (Å²) in [6, 6.07) is 13.3. The number of hydrogen-bond acceptors (Lipinski definition) is 3. The average molecular weight is 243 g/mol. The highest BCUT2D eigenvalue weighted by molar-refractivity contribution is 5.56. The number of rotatable bonds is 4. The van der Waals surface area contributed by atoms with Gasteiger partial charge in [0.05, 0.1) is 12.3 Å². The van der Waals surface area contributed by atoms with Crippen molar-refractivity contribution in [1.29, 1.82) is 0 Å². The van der Waals surface area contributed by atoms with Crippen molar-refractivity contribution in [2.24, 2.45) is 0 Å². The van der Waals surface area contributed by atoms with Gasteiger partial charge in [0.25, 0.3) is 0 Å². The number of nitrogens with two attached hydrogens (primary N) is 1. The molecule has 0 spiro atoms. The first-order valence-corrected chi connectivity index (χ1v) is 5.96. The van der Waals surface area contributed by atoms with Crippen LogP contribution in [0.3, 0.4) is 0 Å². The van der Waals surface area contributed by atoms with Gasteiger partial charge in [-0.05, 0) is 43.7 Å². The lowest BCUT2D eigenvalue weighted by Gasteiger charge is -2.13. The van der Waals surface area contributed by atoms with E-state index in [-0.39, 0.29) is 0 Å². The Kier molecular flexibility index (Phi) is 3.72. The fourth-order valence-corrected chi connectivity index (χ4v) is 1.66. The van der Waals surface area contributed by atoms with Crippen LogP contribution in [-0.4, -0.2) is 6.61 Å². The van der Waals surface area contributed by atoms with Crippen LogP contribution in [0.2, 0.25) is 0 Å². The Morgan fingerprint density at radius 3 is 2.44 bits per heavy atom. The summed E-state index contributed by atoms with van der Waals surface area (Å²) in [6.45, 7) is 4.54. The number of hydrogen-bond donors (Lipinski definition) is 1. The number of benzene rings is 2. The van der Waals surface area contributed by atoms with Crippen molar-refractivity contribution in [3.8, 4) is 17.2 Å². The third-order valence-electron chi connectivity index (χ3n) is 2.54. The molecule has 0 unspecified atom stereocenters. The zero-order valence-corrected chi connectivity index (χ0v) is 10.6. The lowest BCUT2D eigenvalue weighted by Crippen LogP contribution is -1.97. The minimum Gasteiger partial charge on any atom is -0.490 e. The quantitative estimate of drug-likeness (QED) is 0.831. The second-order valence-electron chi connectivity index (χ2n) is 4.02. The minimum absolute atomic E-state index is 0.601. The van der Waals surface area contributed by atoms with Crippen molar-refractivity contribution in [2.45, 2.75) is 13.8 Å². The van der Waals surface area contributed by atoms with Crippen molar-refractivity contribution in [2.75, 3.05) is 12.3 Å². The molecule has 18 heavy (non-hydrogen) atoms. The predicted octanol–water partition coefficient (Wildman–Crippen LogP) is 3.77. The molecule has 94 valence electrons. The Morgan fingerprint density at radius 2 is 1.72 bits per heavy atom. The van der Waals surface area contributed by atoms with E-state index in [4.69, 9.17) is 15.2 Å². The molecule has 0 heterocycles. The van der Waals surface area contributed by atoms with E-state index in [0.29, 0.717) is 23.8 Å². The smallest absolute Gasteiger partial charge is 0.169 e. The van der Waals surface area contributed by atoms with Gasteiger partial charge in [-0.3, -0.25) is 0 Å². The van der Waals surface area contributed by atoms with Gasteiger partial charge in [0.1, 0.15) is 0 Å². The number of aryl methyl sites for hydroxylation is 1. The standard InChI is InChI=1S/C15H17NO2/c1-3-17-13-6-4-5-7-14(13)18-15-10-11(2)8-9-12(15)16/h4-10H,3,16H2,1-2H3. The molecule has 2 aromatic rings. The molecule has 0 fully saturated rings. The van der Waals surface area contributed by atoms with Gasteiger partial charge in [-0.15, -0.1) is 0 Å². The van der Waals surface area contributed by atoms with Crippen LogP contribution >= 0.6 is 0 Å². The highest BCUT2D eigenvalue weighted by Gasteiger charge is 2.07. The van der Waals surface area contributed by atoms with Gasteiger partial charge < -0.3 is 15.2 Å². The number of para-hydroxylation sites is 2. The summed E-state index contributed by atoms with van der Waals surface area (Å²) in [5, 5.41) is 0. The van der Waals surface area contributed by atoms with Crippen LogP contribution in [0.1, 0.15) is 12.5 Å². The second-order valence-corrected chi connectivity index (χ2v) is 4.02. The van der Waals surface area contributed by atoms with Crippen molar-refractivity contribution in [3.63, 3.8) is 0 Å². The van der Waals surface area contributed by atoms with Gasteiger partial charge in [-0.1, -0.05) is 18.2 Å². The summed E-state index contributed by atoms with van der Waals surface area (Å²) >= 11 is 0. The zero-order valence-electron chi connectivity index (χ0n) is 10.6. The molecule has 0 aliphatic carbocycles. The van der Waals surface area contributed by atoms with Crippen LogP contribution in [0.4, 0.5) is 5.69 Å². The molecule has 2 aromatic carbocycles. The monoisotopic (exact) mass is 243 g/mol. The average Bonchev–Trinajstić information content (AvgIpc) is 2.36. The van der Waals surface area contributed by atoms with Crippen molar-refractivity contribution >= 4 is 5.69 Å². The van der Waals surface area contributed by atoms with Crippen molar-refractivity contribution in [1.82, 2.24) is 0 Å². The molecule has 0 saturated heterocycles. The molecule has 0 amide bonds. The van der Waals surface area contributed by atoms with Crippen LogP contribution in [0.25, 0.3) is 0 Å². The van der Waals surface area contributed by atoms with Gasteiger partial charge in [-0.25, -0.2) is 0 Å². The largest absolute Gasteiger partial charge is 0.490 e. The number of nitrogen functional groups attached to an aromatic ring is 1. The van der Waals surface area contributed by atoms with Crippen LogP contribution in [0.15, 0.2) is 42.5 Å². The Morgan fingerprint density at radius 1 is 1.00 bits per heavy atom. The lowest BCUT2D eigenvalue weighted by atomic mass is 10.2. The molecule has 0 aliphatic heterocycles. The molecule has 0 saturated carbocycles. The summed E-state index contributed by atoms with van der Waals surface area (Å²) in [6.07, 6.45) is 0. The van der Waals surface area contributed by atoms with Gasteiger partial charge >= 0.3 is 0 Å². The fourth-order valence-electron chi connectivity index (χ4n) is 1.66. The van der Waals surface area contributed by atoms with E-state index in [1.54, 1.807) is 0 Å². The normalized spacial score (nSPS) is 10.1. The fraction of sp³-hybridized carbons (Fsp3) is 0.200. The maximum Gasteiger partial charge on any atom is 0.169 e. The van der Waals surface area contributed by atoms with Crippen LogP contribution < -0.4 is 15.2 Å². The van der Waals surface area contributed by atoms with Gasteiger partial charge in [0, 0.05) is 0 Å². The predicted molar refractivity (Wildman–Crippen MR) is 73.3 cm³/mol. The van der Waals surface area contributed by atoms with Crippen LogP contribution in [0.5, 0.6) is 17.2 Å². The Bertz CT molecular complexity index is 538. The summed E-state index contributed by atoms with van der Waals surface area (Å²) in [5.41, 5.74) is 7.62. The molecule has 0 aromatic heterocycles. The van der Waals surface area contributed by atoms with Crippen LogP contribution in [-0.2, 0) is 0 Å². The summed E-state index contributed by atoms with van der Waals surface area (Å²) < 4.78 is 11.3. The third kappa shape index (κ3) is 2.74. The van der Waals surface area contributed by atoms with Crippen molar-refractivity contribution < 1.29 is 9.47 Å². The first-order chi connectivity index (χ1) is 8.70. The SMILES string of the molecule is CCOc1ccccc1Oc1cc(C)ccc1N. The van der Waals surface area contributed by atoms with Gasteiger partial charge in [-0.2, -0.15) is 0 Å². The molecule has 0 atom stereocenters. The van der Waals surface area contributed by atoms with Crippen molar-refractivity contribution in [3.05, 3.63) is 48.0 Å². The summed E-state index contributed by atoms with van der Waals surface area (Å²) in [7, 11) is 0. The molecule has 0 radical (unpaired) electrons. The Labute approximate surface area is 107 Å². The topological polar surface area (TPSA) is 44.5 Å². The maximum absolute atomic E-state index is 5.90. The van der Waals surface area contributed by atoms with Gasteiger partial charge in [0.2, 0.25) is 0 Å². The first-order valence-electron chi connectivity index (χ1n) is 5.96. The Balaban J connectivity index is 2.30. The highest BCUT2D eigenvalue weighted by Crippen LogP contribution is 2.34. The van der Waals surface area contributed by atoms with E-state index < -0.39 is 0 Å².